The summed E-state index contributed by atoms with van der Waals surface area (Å²) in [4.78, 5) is 19.4. The first kappa shape index (κ1) is 16.8. The Bertz CT molecular complexity index is 702. The molecule has 3 rings (SSSR count). The number of benzene rings is 1. The highest BCUT2D eigenvalue weighted by Gasteiger charge is 2.26. The minimum absolute atomic E-state index is 0.0261. The highest BCUT2D eigenvalue weighted by molar-refractivity contribution is 5.83. The molecule has 2 aromatic rings. The Balaban J connectivity index is 1.83. The van der Waals surface area contributed by atoms with Crippen molar-refractivity contribution in [3.05, 3.63) is 24.3 Å². The molecule has 6 heteroatoms. The van der Waals surface area contributed by atoms with E-state index in [2.05, 4.69) is 24.1 Å². The van der Waals surface area contributed by atoms with Gasteiger partial charge in [0.2, 0.25) is 11.9 Å². The van der Waals surface area contributed by atoms with Gasteiger partial charge in [-0.1, -0.05) is 26.0 Å². The average molecular weight is 330 g/mol. The molecule has 1 aromatic carbocycles. The van der Waals surface area contributed by atoms with Gasteiger partial charge in [0.25, 0.3) is 0 Å². The van der Waals surface area contributed by atoms with Crippen LogP contribution in [-0.2, 0) is 11.3 Å². The Kier molecular flexibility index (Phi) is 5.04. The summed E-state index contributed by atoms with van der Waals surface area (Å²) in [6.07, 6.45) is 1.18. The number of piperidine rings is 1. The van der Waals surface area contributed by atoms with Crippen LogP contribution in [-0.4, -0.2) is 51.7 Å². The zero-order chi connectivity index (χ0) is 17.1. The molecule has 1 amide bonds. The maximum atomic E-state index is 12.8. The number of fused-ring (bicyclic) bond motifs is 1. The molecule has 6 nitrogen and oxygen atoms in total. The molecule has 0 saturated carbocycles. The van der Waals surface area contributed by atoms with E-state index in [4.69, 9.17) is 5.11 Å². The molecule has 24 heavy (non-hydrogen) atoms. The van der Waals surface area contributed by atoms with E-state index in [1.54, 1.807) is 0 Å². The molecule has 1 aromatic heterocycles. The lowest BCUT2D eigenvalue weighted by atomic mass is 9.92. The van der Waals surface area contributed by atoms with Crippen LogP contribution in [0.2, 0.25) is 0 Å². The zero-order valence-electron chi connectivity index (χ0n) is 14.4. The topological polar surface area (TPSA) is 70.4 Å². The minimum atomic E-state index is 0.0261. The number of para-hydroxylation sites is 2. The van der Waals surface area contributed by atoms with Gasteiger partial charge in [0.15, 0.2) is 0 Å². The van der Waals surface area contributed by atoms with Crippen molar-refractivity contribution >= 4 is 22.9 Å². The van der Waals surface area contributed by atoms with Crippen molar-refractivity contribution in [3.8, 4) is 0 Å². The van der Waals surface area contributed by atoms with E-state index in [0.29, 0.717) is 24.3 Å². The second-order valence-corrected chi connectivity index (χ2v) is 6.91. The second kappa shape index (κ2) is 7.21. The number of likely N-dealkylation sites (tertiary alicyclic amines) is 1. The first-order chi connectivity index (χ1) is 11.6. The van der Waals surface area contributed by atoms with Gasteiger partial charge in [0.1, 0.15) is 6.54 Å². The van der Waals surface area contributed by atoms with Crippen molar-refractivity contribution in [2.45, 2.75) is 26.8 Å². The molecule has 1 aliphatic heterocycles. The van der Waals surface area contributed by atoms with Crippen molar-refractivity contribution in [1.29, 1.82) is 0 Å². The van der Waals surface area contributed by atoms with Crippen LogP contribution in [0.5, 0.6) is 0 Å². The number of carbonyl (C=O) groups is 1. The highest BCUT2D eigenvalue weighted by atomic mass is 16.3. The first-order valence-corrected chi connectivity index (χ1v) is 8.66. The smallest absolute Gasteiger partial charge is 0.242 e. The van der Waals surface area contributed by atoms with Gasteiger partial charge in [-0.15, -0.1) is 0 Å². The molecule has 2 heterocycles. The van der Waals surface area contributed by atoms with E-state index < -0.39 is 0 Å². The van der Waals surface area contributed by atoms with Crippen LogP contribution in [0.1, 0.15) is 20.3 Å². The van der Waals surface area contributed by atoms with Crippen molar-refractivity contribution in [3.63, 3.8) is 0 Å². The molecule has 1 aliphatic rings. The lowest BCUT2D eigenvalue weighted by molar-refractivity contribution is -0.134. The Morgan fingerprint density at radius 2 is 2.00 bits per heavy atom. The predicted molar refractivity (Wildman–Crippen MR) is 94.8 cm³/mol. The molecule has 2 N–H and O–H groups in total. The third-order valence-corrected chi connectivity index (χ3v) is 4.56. The highest BCUT2D eigenvalue weighted by Crippen LogP contribution is 2.23. The number of aliphatic hydroxyl groups is 1. The van der Waals surface area contributed by atoms with Crippen molar-refractivity contribution in [2.24, 2.45) is 11.8 Å². The number of nitrogens with zero attached hydrogens (tertiary/aromatic N) is 3. The molecule has 0 unspecified atom stereocenters. The van der Waals surface area contributed by atoms with Gasteiger partial charge in [-0.05, 0) is 30.4 Å². The molecule has 1 saturated heterocycles. The van der Waals surface area contributed by atoms with Crippen LogP contribution in [0.25, 0.3) is 11.0 Å². The number of hydrogen-bond acceptors (Lipinski definition) is 4. The summed E-state index contributed by atoms with van der Waals surface area (Å²) < 4.78 is 1.91. The van der Waals surface area contributed by atoms with Crippen molar-refractivity contribution < 1.29 is 9.90 Å². The number of amides is 1. The fourth-order valence-electron chi connectivity index (χ4n) is 3.64. The summed E-state index contributed by atoms with van der Waals surface area (Å²) in [5, 5.41) is 12.2. The van der Waals surface area contributed by atoms with E-state index >= 15 is 0 Å². The van der Waals surface area contributed by atoms with Crippen LogP contribution >= 0.6 is 0 Å². The van der Waals surface area contributed by atoms with E-state index in [1.165, 1.54) is 6.42 Å². The summed E-state index contributed by atoms with van der Waals surface area (Å²) in [5.41, 5.74) is 1.79. The maximum Gasteiger partial charge on any atom is 0.242 e. The normalized spacial score (nSPS) is 21.2. The third-order valence-electron chi connectivity index (χ3n) is 4.56. The number of rotatable bonds is 5. The fourth-order valence-corrected chi connectivity index (χ4v) is 3.64. The Labute approximate surface area is 142 Å². The Morgan fingerprint density at radius 1 is 1.29 bits per heavy atom. The number of anilines is 1. The van der Waals surface area contributed by atoms with E-state index in [9.17, 15) is 4.79 Å². The molecular formula is C18H26N4O2. The Hall–Kier alpha value is -2.08. The van der Waals surface area contributed by atoms with Gasteiger partial charge in [-0.3, -0.25) is 4.79 Å². The van der Waals surface area contributed by atoms with E-state index in [0.717, 1.165) is 24.1 Å². The molecule has 1 fully saturated rings. The number of imidazole rings is 1. The lowest BCUT2D eigenvalue weighted by Gasteiger charge is -2.35. The lowest BCUT2D eigenvalue weighted by Crippen LogP contribution is -2.44. The quantitative estimate of drug-likeness (QED) is 0.879. The van der Waals surface area contributed by atoms with Gasteiger partial charge < -0.3 is 19.9 Å². The summed E-state index contributed by atoms with van der Waals surface area (Å²) in [6.45, 7) is 6.78. The Morgan fingerprint density at radius 3 is 2.71 bits per heavy atom. The molecule has 0 radical (unpaired) electrons. The standard InChI is InChI=1S/C18H26N4O2/c1-13-9-14(2)11-21(10-13)17(24)12-22-16-6-4-3-5-15(16)20-18(22)19-7-8-23/h3-6,13-14,23H,7-12H2,1-2H3,(H,19,20)/t13-,14-/m0/s1. The average Bonchev–Trinajstić information content (AvgIpc) is 2.90. The number of nitrogens with one attached hydrogen (secondary N) is 1. The number of hydrogen-bond donors (Lipinski definition) is 2. The predicted octanol–water partition coefficient (Wildman–Crippen LogP) is 1.94. The summed E-state index contributed by atoms with van der Waals surface area (Å²) >= 11 is 0. The van der Waals surface area contributed by atoms with Crippen LogP contribution in [0, 0.1) is 11.8 Å². The number of aromatic nitrogens is 2. The summed E-state index contributed by atoms with van der Waals surface area (Å²) in [5.74, 6) is 1.86. The molecule has 0 spiro atoms. The maximum absolute atomic E-state index is 12.8. The van der Waals surface area contributed by atoms with Crippen LogP contribution < -0.4 is 5.32 Å². The SMILES string of the molecule is C[C@H]1C[C@H](C)CN(C(=O)Cn2c(NCCO)nc3ccccc32)C1. The van der Waals surface area contributed by atoms with Gasteiger partial charge >= 0.3 is 0 Å². The summed E-state index contributed by atoms with van der Waals surface area (Å²) in [6, 6.07) is 7.80. The van der Waals surface area contributed by atoms with Gasteiger partial charge in [-0.2, -0.15) is 0 Å². The molecular weight excluding hydrogens is 304 g/mol. The molecule has 0 aliphatic carbocycles. The van der Waals surface area contributed by atoms with Crippen LogP contribution in [0.4, 0.5) is 5.95 Å². The number of carbonyl (C=O) groups excluding carboxylic acids is 1. The van der Waals surface area contributed by atoms with Crippen molar-refractivity contribution in [1.82, 2.24) is 14.5 Å². The fraction of sp³-hybridized carbons (Fsp3) is 0.556. The van der Waals surface area contributed by atoms with Crippen molar-refractivity contribution in [2.75, 3.05) is 31.6 Å². The monoisotopic (exact) mass is 330 g/mol. The molecule has 130 valence electrons. The zero-order valence-corrected chi connectivity index (χ0v) is 14.4. The molecule has 2 atom stereocenters. The van der Waals surface area contributed by atoms with Gasteiger partial charge in [0, 0.05) is 19.6 Å². The largest absolute Gasteiger partial charge is 0.395 e. The van der Waals surface area contributed by atoms with E-state index in [1.807, 2.05) is 33.7 Å². The van der Waals surface area contributed by atoms with Gasteiger partial charge in [0.05, 0.1) is 17.6 Å². The first-order valence-electron chi connectivity index (χ1n) is 8.66. The summed E-state index contributed by atoms with van der Waals surface area (Å²) in [7, 11) is 0. The van der Waals surface area contributed by atoms with Crippen LogP contribution in [0.3, 0.4) is 0 Å². The van der Waals surface area contributed by atoms with Crippen LogP contribution in [0.15, 0.2) is 24.3 Å². The van der Waals surface area contributed by atoms with E-state index in [-0.39, 0.29) is 19.1 Å². The molecule has 0 bridgehead atoms. The minimum Gasteiger partial charge on any atom is -0.395 e. The second-order valence-electron chi connectivity index (χ2n) is 6.91. The number of aliphatic hydroxyl groups excluding tert-OH is 1. The third kappa shape index (κ3) is 3.53. The van der Waals surface area contributed by atoms with Gasteiger partial charge in [-0.25, -0.2) is 4.98 Å².